The molecule has 0 aliphatic carbocycles. The Kier molecular flexibility index (Phi) is 6.49. The van der Waals surface area contributed by atoms with Crippen LogP contribution in [0.1, 0.15) is 54.9 Å². The number of amides is 2. The molecule has 7 heteroatoms. The van der Waals surface area contributed by atoms with Crippen LogP contribution in [0.25, 0.3) is 0 Å². The molecular formula is C24H31N5O2. The van der Waals surface area contributed by atoms with E-state index in [4.69, 9.17) is 0 Å². The van der Waals surface area contributed by atoms with E-state index in [-0.39, 0.29) is 23.8 Å². The van der Waals surface area contributed by atoms with Gasteiger partial charge >= 0.3 is 0 Å². The number of carbonyl (C=O) groups is 2. The van der Waals surface area contributed by atoms with Gasteiger partial charge in [-0.3, -0.25) is 14.6 Å². The monoisotopic (exact) mass is 421 g/mol. The van der Waals surface area contributed by atoms with Crippen molar-refractivity contribution in [2.24, 2.45) is 5.92 Å². The average molecular weight is 422 g/mol. The number of rotatable bonds is 4. The summed E-state index contributed by atoms with van der Waals surface area (Å²) < 4.78 is 0. The number of benzene rings is 1. The van der Waals surface area contributed by atoms with Gasteiger partial charge in [-0.15, -0.1) is 0 Å². The Labute approximate surface area is 183 Å². The van der Waals surface area contributed by atoms with Crippen LogP contribution in [0.15, 0.2) is 36.8 Å². The standard InChI is InChI=1S/C24H31N5O2/c1-17-14-19(24(31)29-13-4-3-6-18(29)2)8-9-21(17)27-23(30)20-7-5-12-28(16-20)22-15-25-10-11-26-22/h8-11,14-15,18,20H,3-7,12-13,16H2,1-2H3,(H,27,30). The zero-order valence-corrected chi connectivity index (χ0v) is 18.4. The quantitative estimate of drug-likeness (QED) is 0.815. The summed E-state index contributed by atoms with van der Waals surface area (Å²) in [6.45, 7) is 6.40. The second-order valence-corrected chi connectivity index (χ2v) is 8.71. The average Bonchev–Trinajstić information content (AvgIpc) is 2.81. The molecule has 1 aromatic heterocycles. The summed E-state index contributed by atoms with van der Waals surface area (Å²) in [5.41, 5.74) is 2.37. The third-order valence-electron chi connectivity index (χ3n) is 6.46. The van der Waals surface area contributed by atoms with Crippen molar-refractivity contribution in [1.29, 1.82) is 0 Å². The third kappa shape index (κ3) is 4.86. The number of aromatic nitrogens is 2. The van der Waals surface area contributed by atoms with Crippen molar-refractivity contribution in [3.05, 3.63) is 47.9 Å². The fourth-order valence-corrected chi connectivity index (χ4v) is 4.59. The van der Waals surface area contributed by atoms with Gasteiger partial charge in [0.05, 0.1) is 12.1 Å². The third-order valence-corrected chi connectivity index (χ3v) is 6.46. The van der Waals surface area contributed by atoms with E-state index in [1.54, 1.807) is 18.6 Å². The summed E-state index contributed by atoms with van der Waals surface area (Å²) in [6, 6.07) is 5.87. The van der Waals surface area contributed by atoms with Gasteiger partial charge in [0.2, 0.25) is 5.91 Å². The summed E-state index contributed by atoms with van der Waals surface area (Å²) in [5.74, 6) is 0.803. The SMILES string of the molecule is Cc1cc(C(=O)N2CCCCC2C)ccc1NC(=O)C1CCCN(c2cnccn2)C1. The summed E-state index contributed by atoms with van der Waals surface area (Å²) >= 11 is 0. The molecular weight excluding hydrogens is 390 g/mol. The molecule has 2 aliphatic rings. The maximum atomic E-state index is 13.0. The lowest BCUT2D eigenvalue weighted by atomic mass is 9.96. The summed E-state index contributed by atoms with van der Waals surface area (Å²) in [7, 11) is 0. The van der Waals surface area contributed by atoms with Crippen LogP contribution in [0.5, 0.6) is 0 Å². The molecule has 2 saturated heterocycles. The van der Waals surface area contributed by atoms with Gasteiger partial charge in [-0.2, -0.15) is 0 Å². The lowest BCUT2D eigenvalue weighted by Gasteiger charge is -2.33. The molecule has 0 spiro atoms. The van der Waals surface area contributed by atoms with Gasteiger partial charge in [-0.05, 0) is 69.7 Å². The van der Waals surface area contributed by atoms with Crippen molar-refractivity contribution in [1.82, 2.24) is 14.9 Å². The number of carbonyl (C=O) groups excluding carboxylic acids is 2. The first kappa shape index (κ1) is 21.3. The number of nitrogens with zero attached hydrogens (tertiary/aromatic N) is 4. The van der Waals surface area contributed by atoms with E-state index in [0.29, 0.717) is 12.1 Å². The minimum atomic E-state index is -0.106. The first-order chi connectivity index (χ1) is 15.0. The molecule has 2 fully saturated rings. The Hall–Kier alpha value is -2.96. The molecule has 0 saturated carbocycles. The molecule has 3 heterocycles. The number of hydrogen-bond donors (Lipinski definition) is 1. The Morgan fingerprint density at radius 3 is 2.71 bits per heavy atom. The molecule has 0 radical (unpaired) electrons. The molecule has 164 valence electrons. The summed E-state index contributed by atoms with van der Waals surface area (Å²) in [4.78, 5) is 38.5. The molecule has 2 unspecified atom stereocenters. The molecule has 2 atom stereocenters. The van der Waals surface area contributed by atoms with Gasteiger partial charge in [-0.1, -0.05) is 0 Å². The maximum Gasteiger partial charge on any atom is 0.254 e. The number of likely N-dealkylation sites (tertiary alicyclic amines) is 1. The molecule has 31 heavy (non-hydrogen) atoms. The van der Waals surface area contributed by atoms with E-state index in [1.807, 2.05) is 30.0 Å². The highest BCUT2D eigenvalue weighted by Gasteiger charge is 2.28. The topological polar surface area (TPSA) is 78.4 Å². The smallest absolute Gasteiger partial charge is 0.254 e. The first-order valence-electron chi connectivity index (χ1n) is 11.3. The Bertz CT molecular complexity index is 933. The van der Waals surface area contributed by atoms with Gasteiger partial charge in [0.15, 0.2) is 0 Å². The summed E-state index contributed by atoms with van der Waals surface area (Å²) in [5, 5.41) is 3.08. The normalized spacial score (nSPS) is 21.6. The van der Waals surface area contributed by atoms with Gasteiger partial charge < -0.3 is 15.1 Å². The van der Waals surface area contributed by atoms with Crippen LogP contribution in [-0.2, 0) is 4.79 Å². The van der Waals surface area contributed by atoms with Gasteiger partial charge in [0.1, 0.15) is 5.82 Å². The van der Waals surface area contributed by atoms with E-state index in [0.717, 1.165) is 55.8 Å². The molecule has 0 bridgehead atoms. The van der Waals surface area contributed by atoms with Gasteiger partial charge in [0, 0.05) is 49.3 Å². The Morgan fingerprint density at radius 2 is 1.97 bits per heavy atom. The van der Waals surface area contributed by atoms with E-state index >= 15 is 0 Å². The number of hydrogen-bond acceptors (Lipinski definition) is 5. The highest BCUT2D eigenvalue weighted by Crippen LogP contribution is 2.25. The van der Waals surface area contributed by atoms with Gasteiger partial charge in [-0.25, -0.2) is 4.98 Å². The van der Waals surface area contributed by atoms with Crippen LogP contribution in [-0.4, -0.2) is 52.4 Å². The van der Waals surface area contributed by atoms with Crippen LogP contribution < -0.4 is 10.2 Å². The zero-order valence-electron chi connectivity index (χ0n) is 18.4. The van der Waals surface area contributed by atoms with Crippen molar-refractivity contribution in [3.63, 3.8) is 0 Å². The second-order valence-electron chi connectivity index (χ2n) is 8.71. The molecule has 2 aliphatic heterocycles. The lowest BCUT2D eigenvalue weighted by Crippen LogP contribution is -2.42. The van der Waals surface area contributed by atoms with Crippen molar-refractivity contribution in [2.75, 3.05) is 29.9 Å². The summed E-state index contributed by atoms with van der Waals surface area (Å²) in [6.07, 6.45) is 10.2. The number of anilines is 2. The van der Waals surface area contributed by atoms with Crippen LogP contribution in [0.2, 0.25) is 0 Å². The molecule has 7 nitrogen and oxygen atoms in total. The lowest BCUT2D eigenvalue weighted by molar-refractivity contribution is -0.120. The van der Waals surface area contributed by atoms with Crippen LogP contribution in [0.3, 0.4) is 0 Å². The van der Waals surface area contributed by atoms with Crippen LogP contribution in [0.4, 0.5) is 11.5 Å². The fourth-order valence-electron chi connectivity index (χ4n) is 4.59. The predicted octanol–water partition coefficient (Wildman–Crippen LogP) is 3.65. The minimum Gasteiger partial charge on any atom is -0.355 e. The Balaban J connectivity index is 1.41. The highest BCUT2D eigenvalue weighted by molar-refractivity contribution is 5.97. The van der Waals surface area contributed by atoms with Crippen molar-refractivity contribution < 1.29 is 9.59 Å². The molecule has 4 rings (SSSR count). The van der Waals surface area contributed by atoms with E-state index < -0.39 is 0 Å². The Morgan fingerprint density at radius 1 is 1.10 bits per heavy atom. The largest absolute Gasteiger partial charge is 0.355 e. The molecule has 2 amide bonds. The molecule has 1 N–H and O–H groups in total. The van der Waals surface area contributed by atoms with Crippen molar-refractivity contribution in [3.8, 4) is 0 Å². The number of nitrogens with one attached hydrogen (secondary N) is 1. The van der Waals surface area contributed by atoms with Crippen molar-refractivity contribution >= 4 is 23.3 Å². The van der Waals surface area contributed by atoms with Crippen molar-refractivity contribution in [2.45, 2.75) is 52.0 Å². The zero-order chi connectivity index (χ0) is 21.8. The van der Waals surface area contributed by atoms with Gasteiger partial charge in [0.25, 0.3) is 5.91 Å². The molecule has 2 aromatic rings. The second kappa shape index (κ2) is 9.45. The van der Waals surface area contributed by atoms with Crippen LogP contribution in [0, 0.1) is 12.8 Å². The highest BCUT2D eigenvalue weighted by atomic mass is 16.2. The predicted molar refractivity (Wildman–Crippen MR) is 121 cm³/mol. The molecule has 1 aromatic carbocycles. The van der Waals surface area contributed by atoms with E-state index in [2.05, 4.69) is 27.1 Å². The minimum absolute atomic E-state index is 0.0143. The number of aryl methyl sites for hydroxylation is 1. The fraction of sp³-hybridized carbons (Fsp3) is 0.500. The maximum absolute atomic E-state index is 13.0. The first-order valence-corrected chi connectivity index (χ1v) is 11.3. The van der Waals surface area contributed by atoms with E-state index in [9.17, 15) is 9.59 Å². The van der Waals surface area contributed by atoms with Crippen LogP contribution >= 0.6 is 0 Å². The number of piperidine rings is 2. The van der Waals surface area contributed by atoms with E-state index in [1.165, 1.54) is 6.42 Å².